The van der Waals surface area contributed by atoms with E-state index in [1.54, 1.807) is 6.92 Å². The Morgan fingerprint density at radius 1 is 1.18 bits per heavy atom. The van der Waals surface area contributed by atoms with Gasteiger partial charge in [0.05, 0.1) is 5.54 Å². The standard InChI is InChI=1S/C12H18F6N2O.ClH/c1-3-4-9(2,19)8(21)20-6-5-10(7-20,11(13,14)15)12(16,17)18;/h3-7,19H2,1-2H3;1H. The van der Waals surface area contributed by atoms with E-state index in [4.69, 9.17) is 5.73 Å². The highest BCUT2D eigenvalue weighted by Gasteiger charge is 2.73. The second-order valence-electron chi connectivity index (χ2n) is 5.72. The van der Waals surface area contributed by atoms with E-state index in [-0.39, 0.29) is 18.8 Å². The molecule has 1 heterocycles. The van der Waals surface area contributed by atoms with E-state index in [9.17, 15) is 31.1 Å². The largest absolute Gasteiger partial charge is 0.404 e. The summed E-state index contributed by atoms with van der Waals surface area (Å²) in [6, 6.07) is 0. The van der Waals surface area contributed by atoms with Crippen LogP contribution in [0.5, 0.6) is 0 Å². The van der Waals surface area contributed by atoms with E-state index in [0.29, 0.717) is 11.3 Å². The average molecular weight is 357 g/mol. The number of carbonyl (C=O) groups is 1. The first-order valence-electron chi connectivity index (χ1n) is 6.50. The van der Waals surface area contributed by atoms with Gasteiger partial charge in [-0.15, -0.1) is 12.4 Å². The van der Waals surface area contributed by atoms with Gasteiger partial charge in [-0.3, -0.25) is 4.79 Å². The molecule has 0 radical (unpaired) electrons. The minimum Gasteiger partial charge on any atom is -0.340 e. The van der Waals surface area contributed by atoms with Gasteiger partial charge in [0.2, 0.25) is 5.91 Å². The highest BCUT2D eigenvalue weighted by molar-refractivity contribution is 5.86. The van der Waals surface area contributed by atoms with Gasteiger partial charge in [0.25, 0.3) is 0 Å². The van der Waals surface area contributed by atoms with Gasteiger partial charge in [-0.25, -0.2) is 0 Å². The van der Waals surface area contributed by atoms with Gasteiger partial charge >= 0.3 is 12.4 Å². The molecule has 1 aliphatic heterocycles. The van der Waals surface area contributed by atoms with Crippen molar-refractivity contribution in [1.82, 2.24) is 4.90 Å². The molecule has 0 bridgehead atoms. The molecular formula is C12H19ClF6N2O. The Labute approximate surface area is 130 Å². The number of rotatable bonds is 3. The summed E-state index contributed by atoms with van der Waals surface area (Å²) in [4.78, 5) is 12.6. The van der Waals surface area contributed by atoms with Gasteiger partial charge < -0.3 is 10.6 Å². The maximum atomic E-state index is 12.9. The smallest absolute Gasteiger partial charge is 0.340 e. The molecule has 10 heteroatoms. The van der Waals surface area contributed by atoms with Crippen molar-refractivity contribution in [3.8, 4) is 0 Å². The summed E-state index contributed by atoms with van der Waals surface area (Å²) in [7, 11) is 0. The van der Waals surface area contributed by atoms with E-state index in [1.165, 1.54) is 6.92 Å². The minimum absolute atomic E-state index is 0. The number of hydrogen-bond donors (Lipinski definition) is 1. The Hall–Kier alpha value is -0.700. The fraction of sp³-hybridized carbons (Fsp3) is 0.917. The summed E-state index contributed by atoms with van der Waals surface area (Å²) in [6.45, 7) is 1.02. The molecule has 1 rings (SSSR count). The molecule has 1 fully saturated rings. The maximum absolute atomic E-state index is 12.9. The summed E-state index contributed by atoms with van der Waals surface area (Å²) in [5.74, 6) is -0.875. The second-order valence-corrected chi connectivity index (χ2v) is 5.72. The number of hydrogen-bond acceptors (Lipinski definition) is 2. The molecular weight excluding hydrogens is 338 g/mol. The van der Waals surface area contributed by atoms with Gasteiger partial charge in [0, 0.05) is 13.1 Å². The van der Waals surface area contributed by atoms with Crippen molar-refractivity contribution in [2.75, 3.05) is 13.1 Å². The lowest BCUT2D eigenvalue weighted by Gasteiger charge is -2.35. The molecule has 3 nitrogen and oxygen atoms in total. The third-order valence-corrected chi connectivity index (χ3v) is 3.90. The van der Waals surface area contributed by atoms with E-state index < -0.39 is 48.7 Å². The number of carbonyl (C=O) groups excluding carboxylic acids is 1. The van der Waals surface area contributed by atoms with Crippen LogP contribution in [0.25, 0.3) is 0 Å². The van der Waals surface area contributed by atoms with Crippen LogP contribution in [0.1, 0.15) is 33.1 Å². The summed E-state index contributed by atoms with van der Waals surface area (Å²) in [6.07, 6.45) is -11.4. The van der Waals surface area contributed by atoms with Gasteiger partial charge in [-0.1, -0.05) is 13.3 Å². The zero-order valence-electron chi connectivity index (χ0n) is 12.1. The first-order valence-corrected chi connectivity index (χ1v) is 6.50. The maximum Gasteiger partial charge on any atom is 0.404 e. The number of nitrogens with two attached hydrogens (primary N) is 1. The van der Waals surface area contributed by atoms with Gasteiger partial charge in [-0.2, -0.15) is 26.3 Å². The van der Waals surface area contributed by atoms with E-state index in [1.807, 2.05) is 0 Å². The highest BCUT2D eigenvalue weighted by Crippen LogP contribution is 2.55. The molecule has 2 N–H and O–H groups in total. The van der Waals surface area contributed by atoms with Crippen LogP contribution in [0.4, 0.5) is 26.3 Å². The Balaban J connectivity index is 0.00000441. The zero-order chi connectivity index (χ0) is 16.7. The molecule has 1 amide bonds. The van der Waals surface area contributed by atoms with Gasteiger partial charge in [0.1, 0.15) is 0 Å². The van der Waals surface area contributed by atoms with E-state index >= 15 is 0 Å². The van der Waals surface area contributed by atoms with Crippen molar-refractivity contribution >= 4 is 18.3 Å². The lowest BCUT2D eigenvalue weighted by atomic mass is 9.85. The summed E-state index contributed by atoms with van der Waals surface area (Å²) in [5, 5.41) is 0. The first kappa shape index (κ1) is 21.3. The third-order valence-electron chi connectivity index (χ3n) is 3.90. The third kappa shape index (κ3) is 3.61. The molecule has 1 atom stereocenters. The van der Waals surface area contributed by atoms with Crippen molar-refractivity contribution in [2.24, 2.45) is 11.1 Å². The number of nitrogens with zero attached hydrogens (tertiary/aromatic N) is 1. The predicted molar refractivity (Wildman–Crippen MR) is 70.5 cm³/mol. The molecule has 0 aromatic rings. The van der Waals surface area contributed by atoms with Crippen molar-refractivity contribution in [1.29, 1.82) is 0 Å². The van der Waals surface area contributed by atoms with Crippen LogP contribution in [0.15, 0.2) is 0 Å². The second kappa shape index (κ2) is 6.43. The number of likely N-dealkylation sites (tertiary alicyclic amines) is 1. The monoisotopic (exact) mass is 356 g/mol. The van der Waals surface area contributed by atoms with Crippen LogP contribution < -0.4 is 5.73 Å². The molecule has 1 aliphatic rings. The quantitative estimate of drug-likeness (QED) is 0.789. The molecule has 0 spiro atoms. The lowest BCUT2D eigenvalue weighted by Crippen LogP contribution is -2.56. The molecule has 1 saturated heterocycles. The van der Waals surface area contributed by atoms with Crippen LogP contribution in [0.3, 0.4) is 0 Å². The number of halogens is 7. The van der Waals surface area contributed by atoms with E-state index in [2.05, 4.69) is 0 Å². The summed E-state index contributed by atoms with van der Waals surface area (Å²) in [5.41, 5.74) is 0.384. The fourth-order valence-electron chi connectivity index (χ4n) is 2.59. The topological polar surface area (TPSA) is 46.3 Å². The molecule has 0 aromatic heterocycles. The molecule has 0 saturated carbocycles. The van der Waals surface area contributed by atoms with Crippen LogP contribution in [-0.2, 0) is 4.79 Å². The lowest BCUT2D eigenvalue weighted by molar-refractivity contribution is -0.334. The molecule has 1 unspecified atom stereocenters. The summed E-state index contributed by atoms with van der Waals surface area (Å²) < 4.78 is 77.4. The molecule has 0 aromatic carbocycles. The zero-order valence-corrected chi connectivity index (χ0v) is 13.0. The molecule has 0 aliphatic carbocycles. The minimum atomic E-state index is -5.46. The van der Waals surface area contributed by atoms with Crippen LogP contribution in [0, 0.1) is 5.41 Å². The number of amides is 1. The molecule has 22 heavy (non-hydrogen) atoms. The van der Waals surface area contributed by atoms with Gasteiger partial charge in [0.15, 0.2) is 5.41 Å². The van der Waals surface area contributed by atoms with Gasteiger partial charge in [-0.05, 0) is 19.8 Å². The normalized spacial score (nSPS) is 21.2. The Kier molecular flexibility index (Phi) is 6.22. The predicted octanol–water partition coefficient (Wildman–Crippen LogP) is 3.27. The Bertz CT molecular complexity index is 393. The number of alkyl halides is 6. The first-order chi connectivity index (χ1) is 9.28. The van der Waals surface area contributed by atoms with Crippen molar-refractivity contribution in [3.05, 3.63) is 0 Å². The van der Waals surface area contributed by atoms with Crippen LogP contribution >= 0.6 is 12.4 Å². The van der Waals surface area contributed by atoms with Crippen molar-refractivity contribution in [3.63, 3.8) is 0 Å². The fourth-order valence-corrected chi connectivity index (χ4v) is 2.59. The average Bonchev–Trinajstić information content (AvgIpc) is 2.72. The summed E-state index contributed by atoms with van der Waals surface area (Å²) >= 11 is 0. The van der Waals surface area contributed by atoms with Crippen LogP contribution in [-0.4, -0.2) is 41.8 Å². The highest BCUT2D eigenvalue weighted by atomic mass is 35.5. The molecule has 132 valence electrons. The SMILES string of the molecule is CCCC(C)(N)C(=O)N1CCC(C(F)(F)F)(C(F)(F)F)C1.Cl. The van der Waals surface area contributed by atoms with Crippen molar-refractivity contribution in [2.45, 2.75) is 51.0 Å². The van der Waals surface area contributed by atoms with E-state index in [0.717, 1.165) is 0 Å². The Morgan fingerprint density at radius 2 is 1.64 bits per heavy atom. The van der Waals surface area contributed by atoms with Crippen LogP contribution in [0.2, 0.25) is 0 Å². The Morgan fingerprint density at radius 3 is 1.95 bits per heavy atom. The van der Waals surface area contributed by atoms with Crippen molar-refractivity contribution < 1.29 is 31.1 Å².